The van der Waals surface area contributed by atoms with Gasteiger partial charge in [0, 0.05) is 5.56 Å². The molecule has 29 heavy (non-hydrogen) atoms. The topological polar surface area (TPSA) is 69.2 Å². The zero-order chi connectivity index (χ0) is 21.1. The predicted molar refractivity (Wildman–Crippen MR) is 101 cm³/mol. The van der Waals surface area contributed by atoms with E-state index in [1.807, 2.05) is 30.3 Å². The minimum atomic E-state index is -4.81. The van der Waals surface area contributed by atoms with Crippen molar-refractivity contribution in [3.63, 3.8) is 0 Å². The van der Waals surface area contributed by atoms with E-state index < -0.39 is 32.6 Å². The third-order valence-electron chi connectivity index (χ3n) is 4.03. The smallest absolute Gasteiger partial charge is 0.433 e. The Balaban J connectivity index is 1.98. The molecule has 0 bridgehead atoms. The van der Waals surface area contributed by atoms with Gasteiger partial charge >= 0.3 is 6.18 Å². The average molecular weight is 422 g/mol. The second-order valence-corrected chi connectivity index (χ2v) is 8.30. The summed E-state index contributed by atoms with van der Waals surface area (Å²) in [6.07, 6.45) is -4.81. The zero-order valence-electron chi connectivity index (χ0n) is 15.3. The number of halogens is 3. The molecule has 0 aliphatic heterocycles. The monoisotopic (exact) mass is 422 g/mol. The Labute approximate surface area is 166 Å². The van der Waals surface area contributed by atoms with Gasteiger partial charge in [0.25, 0.3) is 0 Å². The number of aromatic nitrogens is 2. The van der Waals surface area contributed by atoms with Crippen LogP contribution < -0.4 is 4.74 Å². The summed E-state index contributed by atoms with van der Waals surface area (Å²) in [5.41, 5.74) is -0.249. The van der Waals surface area contributed by atoms with Crippen LogP contribution in [0.1, 0.15) is 18.2 Å². The Morgan fingerprint density at radius 1 is 0.966 bits per heavy atom. The molecule has 0 unspecified atom stereocenters. The molecule has 0 saturated carbocycles. The number of nitrogens with zero attached hydrogens (tertiary/aromatic N) is 2. The van der Waals surface area contributed by atoms with Gasteiger partial charge in [-0.2, -0.15) is 13.2 Å². The van der Waals surface area contributed by atoms with Crippen LogP contribution in [-0.4, -0.2) is 24.1 Å². The highest BCUT2D eigenvalue weighted by Gasteiger charge is 2.35. The number of rotatable bonds is 6. The van der Waals surface area contributed by atoms with Crippen LogP contribution in [0.15, 0.2) is 65.8 Å². The summed E-state index contributed by atoms with van der Waals surface area (Å²) < 4.78 is 69.5. The van der Waals surface area contributed by atoms with E-state index in [4.69, 9.17) is 4.74 Å². The molecular weight excluding hydrogens is 405 g/mol. The van der Waals surface area contributed by atoms with Crippen LogP contribution in [-0.2, 0) is 22.6 Å². The predicted octanol–water partition coefficient (Wildman–Crippen LogP) is 4.54. The highest BCUT2D eigenvalue weighted by atomic mass is 32.2. The van der Waals surface area contributed by atoms with Crippen molar-refractivity contribution >= 4 is 9.84 Å². The maximum Gasteiger partial charge on any atom is 0.433 e. The first-order chi connectivity index (χ1) is 13.7. The first-order valence-corrected chi connectivity index (χ1v) is 10.3. The lowest BCUT2D eigenvalue weighted by Gasteiger charge is -2.12. The van der Waals surface area contributed by atoms with E-state index in [1.165, 1.54) is 19.1 Å². The van der Waals surface area contributed by atoms with Crippen LogP contribution >= 0.6 is 0 Å². The zero-order valence-corrected chi connectivity index (χ0v) is 16.2. The van der Waals surface area contributed by atoms with Gasteiger partial charge in [-0.1, -0.05) is 49.4 Å². The van der Waals surface area contributed by atoms with Crippen molar-refractivity contribution in [2.75, 3.05) is 5.75 Å². The number of alkyl halides is 3. The van der Waals surface area contributed by atoms with Gasteiger partial charge in [-0.3, -0.25) is 0 Å². The van der Waals surface area contributed by atoms with E-state index in [1.54, 1.807) is 12.1 Å². The molecular formula is C20H17F3N2O3S. The first kappa shape index (κ1) is 20.8. The summed E-state index contributed by atoms with van der Waals surface area (Å²) in [4.78, 5) is 7.08. The normalized spacial score (nSPS) is 12.0. The number of ether oxygens (including phenoxy) is 1. The molecule has 1 heterocycles. The number of hydrogen-bond donors (Lipinski definition) is 0. The Bertz CT molecular complexity index is 1100. The minimum Gasteiger partial charge on any atom is -0.489 e. The first-order valence-electron chi connectivity index (χ1n) is 8.65. The van der Waals surface area contributed by atoms with Crippen molar-refractivity contribution in [2.24, 2.45) is 0 Å². The van der Waals surface area contributed by atoms with Crippen LogP contribution in [0.2, 0.25) is 0 Å². The van der Waals surface area contributed by atoms with Crippen LogP contribution in [0.5, 0.6) is 5.75 Å². The summed E-state index contributed by atoms with van der Waals surface area (Å²) >= 11 is 0. The van der Waals surface area contributed by atoms with Gasteiger partial charge in [0.2, 0.25) is 15.0 Å². The van der Waals surface area contributed by atoms with Gasteiger partial charge in [0.15, 0.2) is 0 Å². The van der Waals surface area contributed by atoms with E-state index in [-0.39, 0.29) is 17.9 Å². The van der Waals surface area contributed by atoms with Crippen molar-refractivity contribution in [1.82, 2.24) is 9.97 Å². The van der Waals surface area contributed by atoms with Crippen LogP contribution in [0, 0.1) is 0 Å². The molecule has 0 aliphatic carbocycles. The third-order valence-corrected chi connectivity index (χ3v) is 5.53. The van der Waals surface area contributed by atoms with E-state index in [0.29, 0.717) is 5.75 Å². The van der Waals surface area contributed by atoms with Crippen LogP contribution in [0.25, 0.3) is 11.3 Å². The Hall–Kier alpha value is -2.94. The van der Waals surface area contributed by atoms with Crippen LogP contribution in [0.4, 0.5) is 13.2 Å². The van der Waals surface area contributed by atoms with Gasteiger partial charge in [-0.05, 0) is 23.8 Å². The van der Waals surface area contributed by atoms with Crippen LogP contribution in [0.3, 0.4) is 0 Å². The molecule has 3 rings (SSSR count). The molecule has 0 atom stereocenters. The molecule has 0 N–H and O–H groups in total. The molecule has 3 aromatic rings. The lowest BCUT2D eigenvalue weighted by Crippen LogP contribution is -2.15. The molecule has 152 valence electrons. The fourth-order valence-corrected chi connectivity index (χ4v) is 3.21. The van der Waals surface area contributed by atoms with Gasteiger partial charge in [-0.15, -0.1) is 0 Å². The van der Waals surface area contributed by atoms with Gasteiger partial charge < -0.3 is 4.74 Å². The number of sulfone groups is 1. The van der Waals surface area contributed by atoms with Gasteiger partial charge in [0.1, 0.15) is 18.1 Å². The molecule has 0 fully saturated rings. The Kier molecular flexibility index (Phi) is 5.88. The summed E-state index contributed by atoms with van der Waals surface area (Å²) in [6, 6.07) is 16.4. The molecule has 9 heteroatoms. The molecule has 0 aliphatic rings. The summed E-state index contributed by atoms with van der Waals surface area (Å²) in [5.74, 6) is 0.00645. The molecule has 0 saturated heterocycles. The fraction of sp³-hybridized carbons (Fsp3) is 0.200. The fourth-order valence-electron chi connectivity index (χ4n) is 2.47. The van der Waals surface area contributed by atoms with Crippen molar-refractivity contribution in [3.05, 3.63) is 71.9 Å². The quantitative estimate of drug-likeness (QED) is 0.546. The Morgan fingerprint density at radius 3 is 2.34 bits per heavy atom. The minimum absolute atomic E-state index is 0.149. The van der Waals surface area contributed by atoms with E-state index >= 15 is 0 Å². The molecule has 1 aromatic heterocycles. The SMILES string of the molecule is CCS(=O)(=O)c1nc(-c2cccc(OCc3ccccc3)c2)cc(C(F)(F)F)n1. The lowest BCUT2D eigenvalue weighted by molar-refractivity contribution is -0.141. The summed E-state index contributed by atoms with van der Waals surface area (Å²) in [5, 5.41) is -0.847. The maximum absolute atomic E-state index is 13.2. The average Bonchev–Trinajstić information content (AvgIpc) is 2.72. The lowest BCUT2D eigenvalue weighted by atomic mass is 10.1. The second-order valence-electron chi connectivity index (χ2n) is 6.12. The second kappa shape index (κ2) is 8.20. The highest BCUT2D eigenvalue weighted by molar-refractivity contribution is 7.91. The number of benzene rings is 2. The van der Waals surface area contributed by atoms with Crippen molar-refractivity contribution in [3.8, 4) is 17.0 Å². The van der Waals surface area contributed by atoms with Gasteiger partial charge in [-0.25, -0.2) is 18.4 Å². The maximum atomic E-state index is 13.2. The third kappa shape index (κ3) is 5.11. The largest absolute Gasteiger partial charge is 0.489 e. The molecule has 5 nitrogen and oxygen atoms in total. The van der Waals surface area contributed by atoms with Crippen molar-refractivity contribution in [1.29, 1.82) is 0 Å². The van der Waals surface area contributed by atoms with Crippen molar-refractivity contribution < 1.29 is 26.3 Å². The Morgan fingerprint density at radius 2 is 1.69 bits per heavy atom. The molecule has 2 aromatic carbocycles. The number of hydrogen-bond acceptors (Lipinski definition) is 5. The van der Waals surface area contributed by atoms with Crippen molar-refractivity contribution in [2.45, 2.75) is 24.9 Å². The van der Waals surface area contributed by atoms with E-state index in [9.17, 15) is 21.6 Å². The van der Waals surface area contributed by atoms with E-state index in [0.717, 1.165) is 11.6 Å². The summed E-state index contributed by atoms with van der Waals surface area (Å²) in [7, 11) is -4.02. The standard InChI is InChI=1S/C20H17F3N2O3S/c1-2-29(26,27)19-24-17(12-18(25-19)20(21,22)23)15-9-6-10-16(11-15)28-13-14-7-4-3-5-8-14/h3-12H,2,13H2,1H3. The molecule has 0 spiro atoms. The van der Waals surface area contributed by atoms with E-state index in [2.05, 4.69) is 9.97 Å². The summed E-state index contributed by atoms with van der Waals surface area (Å²) in [6.45, 7) is 1.59. The van der Waals surface area contributed by atoms with Gasteiger partial charge in [0.05, 0.1) is 11.4 Å². The molecule has 0 radical (unpaired) electrons. The highest BCUT2D eigenvalue weighted by Crippen LogP contribution is 2.32. The molecule has 0 amide bonds.